The van der Waals surface area contributed by atoms with Crippen molar-refractivity contribution in [2.45, 2.75) is 18.9 Å². The summed E-state index contributed by atoms with van der Waals surface area (Å²) in [4.78, 5) is 14.7. The first-order valence-corrected chi connectivity index (χ1v) is 8.38. The van der Waals surface area contributed by atoms with Gasteiger partial charge in [-0.2, -0.15) is 0 Å². The molecule has 1 aliphatic rings. The van der Waals surface area contributed by atoms with Crippen LogP contribution in [0.25, 0.3) is 0 Å². The van der Waals surface area contributed by atoms with Gasteiger partial charge in [-0.25, -0.2) is 8.78 Å². The molecule has 23 heavy (non-hydrogen) atoms. The third kappa shape index (κ3) is 3.82. The van der Waals surface area contributed by atoms with Gasteiger partial charge in [-0.15, -0.1) is 11.3 Å². The molecule has 0 atom stereocenters. The normalized spacial score (nSPS) is 15.7. The number of nitrogens with zero attached hydrogens (tertiary/aromatic N) is 1. The molecule has 0 spiro atoms. The molecule has 1 aromatic carbocycles. The molecule has 2 heterocycles. The fraction of sp³-hybridized carbons (Fsp3) is 0.312. The van der Waals surface area contributed by atoms with Crippen LogP contribution in [-0.4, -0.2) is 30.0 Å². The number of rotatable bonds is 3. The van der Waals surface area contributed by atoms with E-state index in [0.29, 0.717) is 40.9 Å². The highest BCUT2D eigenvalue weighted by Crippen LogP contribution is 2.25. The van der Waals surface area contributed by atoms with Crippen molar-refractivity contribution < 1.29 is 18.3 Å². The number of thiophene rings is 1. The Balaban J connectivity index is 1.56. The molecular weight excluding hydrogens is 344 g/mol. The summed E-state index contributed by atoms with van der Waals surface area (Å²) in [5.74, 6) is -1.55. The van der Waals surface area contributed by atoms with Gasteiger partial charge in [0.2, 0.25) is 0 Å². The van der Waals surface area contributed by atoms with Crippen molar-refractivity contribution in [3.63, 3.8) is 0 Å². The third-order valence-electron chi connectivity index (χ3n) is 3.71. The van der Waals surface area contributed by atoms with Crippen molar-refractivity contribution in [3.05, 3.63) is 51.2 Å². The van der Waals surface area contributed by atoms with Gasteiger partial charge in [0.25, 0.3) is 5.91 Å². The largest absolute Gasteiger partial charge is 0.490 e. The highest BCUT2D eigenvalue weighted by molar-refractivity contribution is 7.17. The SMILES string of the molecule is O=C(c1ccc(Cl)s1)N1CCC(Oc2ccc(F)c(F)c2)CC1. The van der Waals surface area contributed by atoms with E-state index < -0.39 is 11.6 Å². The average molecular weight is 358 g/mol. The quantitative estimate of drug-likeness (QED) is 0.816. The molecule has 1 fully saturated rings. The number of hydrogen-bond acceptors (Lipinski definition) is 3. The predicted molar refractivity (Wildman–Crippen MR) is 85.2 cm³/mol. The van der Waals surface area contributed by atoms with Crippen molar-refractivity contribution in [2.24, 2.45) is 0 Å². The number of carbonyl (C=O) groups excluding carboxylic acids is 1. The molecule has 1 aromatic heterocycles. The zero-order valence-electron chi connectivity index (χ0n) is 12.1. The molecule has 1 aliphatic heterocycles. The molecule has 0 radical (unpaired) electrons. The van der Waals surface area contributed by atoms with Gasteiger partial charge >= 0.3 is 0 Å². The first-order valence-electron chi connectivity index (χ1n) is 7.19. The molecule has 0 bridgehead atoms. The van der Waals surface area contributed by atoms with Gasteiger partial charge in [-0.1, -0.05) is 11.6 Å². The van der Waals surface area contributed by atoms with Crippen molar-refractivity contribution in [1.29, 1.82) is 0 Å². The standard InChI is InChI=1S/C16H14ClF2NO2S/c17-15-4-3-14(23-15)16(21)20-7-5-10(6-8-20)22-11-1-2-12(18)13(19)9-11/h1-4,9-10H,5-8H2. The fourth-order valence-corrected chi connectivity index (χ4v) is 3.52. The summed E-state index contributed by atoms with van der Waals surface area (Å²) in [7, 11) is 0. The van der Waals surface area contributed by atoms with Gasteiger partial charge in [0.1, 0.15) is 11.9 Å². The van der Waals surface area contributed by atoms with E-state index >= 15 is 0 Å². The smallest absolute Gasteiger partial charge is 0.263 e. The summed E-state index contributed by atoms with van der Waals surface area (Å²) in [5.41, 5.74) is 0. The number of amides is 1. The van der Waals surface area contributed by atoms with Gasteiger partial charge < -0.3 is 9.64 Å². The summed E-state index contributed by atoms with van der Waals surface area (Å²) in [5, 5.41) is 0. The molecule has 0 unspecified atom stereocenters. The van der Waals surface area contributed by atoms with Gasteiger partial charge in [0, 0.05) is 32.0 Å². The lowest BCUT2D eigenvalue weighted by Gasteiger charge is -2.32. The van der Waals surface area contributed by atoms with E-state index in [4.69, 9.17) is 16.3 Å². The summed E-state index contributed by atoms with van der Waals surface area (Å²) in [6.07, 6.45) is 1.17. The van der Waals surface area contributed by atoms with E-state index in [0.717, 1.165) is 12.1 Å². The monoisotopic (exact) mass is 357 g/mol. The maximum Gasteiger partial charge on any atom is 0.263 e. The van der Waals surface area contributed by atoms with Gasteiger partial charge in [0.15, 0.2) is 11.6 Å². The number of halogens is 3. The zero-order valence-corrected chi connectivity index (χ0v) is 13.7. The number of ether oxygens (including phenoxy) is 1. The molecule has 1 saturated heterocycles. The Bertz CT molecular complexity index is 714. The van der Waals surface area contributed by atoms with E-state index in [1.165, 1.54) is 17.4 Å². The van der Waals surface area contributed by atoms with E-state index in [1.54, 1.807) is 17.0 Å². The summed E-state index contributed by atoms with van der Waals surface area (Å²) >= 11 is 7.11. The van der Waals surface area contributed by atoms with Crippen molar-refractivity contribution >= 4 is 28.8 Å². The van der Waals surface area contributed by atoms with E-state index in [1.807, 2.05) is 0 Å². The van der Waals surface area contributed by atoms with Crippen molar-refractivity contribution in [2.75, 3.05) is 13.1 Å². The van der Waals surface area contributed by atoms with Gasteiger partial charge in [-0.05, 0) is 24.3 Å². The maximum atomic E-state index is 13.2. The Kier molecular flexibility index (Phi) is 4.82. The molecule has 3 nitrogen and oxygen atoms in total. The topological polar surface area (TPSA) is 29.5 Å². The Morgan fingerprint density at radius 2 is 1.91 bits per heavy atom. The summed E-state index contributed by atoms with van der Waals surface area (Å²) in [6.45, 7) is 1.12. The van der Waals surface area contributed by atoms with Crippen LogP contribution in [0.3, 0.4) is 0 Å². The van der Waals surface area contributed by atoms with Crippen LogP contribution in [0.5, 0.6) is 5.75 Å². The van der Waals surface area contributed by atoms with Crippen molar-refractivity contribution in [3.8, 4) is 5.75 Å². The molecule has 122 valence electrons. The molecule has 1 amide bonds. The molecular formula is C16H14ClF2NO2S. The third-order valence-corrected chi connectivity index (χ3v) is 4.93. The first-order chi connectivity index (χ1) is 11.0. The van der Waals surface area contributed by atoms with Crippen LogP contribution in [0.1, 0.15) is 22.5 Å². The lowest BCUT2D eigenvalue weighted by molar-refractivity contribution is 0.0599. The number of piperidine rings is 1. The highest BCUT2D eigenvalue weighted by Gasteiger charge is 2.25. The van der Waals surface area contributed by atoms with E-state index in [2.05, 4.69) is 0 Å². The highest BCUT2D eigenvalue weighted by atomic mass is 35.5. The lowest BCUT2D eigenvalue weighted by atomic mass is 10.1. The van der Waals surface area contributed by atoms with Gasteiger partial charge in [-0.3, -0.25) is 4.79 Å². The van der Waals surface area contributed by atoms with Crippen LogP contribution >= 0.6 is 22.9 Å². The van der Waals surface area contributed by atoms with Crippen LogP contribution in [0.4, 0.5) is 8.78 Å². The minimum absolute atomic E-state index is 0.0341. The minimum Gasteiger partial charge on any atom is -0.490 e. The predicted octanol–water partition coefficient (Wildman–Crippen LogP) is 4.36. The zero-order chi connectivity index (χ0) is 16.4. The average Bonchev–Trinajstić information content (AvgIpc) is 2.97. The summed E-state index contributed by atoms with van der Waals surface area (Å²) < 4.78 is 32.3. The van der Waals surface area contributed by atoms with Crippen LogP contribution in [-0.2, 0) is 0 Å². The molecule has 0 N–H and O–H groups in total. The maximum absolute atomic E-state index is 13.2. The van der Waals surface area contributed by atoms with E-state index in [9.17, 15) is 13.6 Å². The van der Waals surface area contributed by atoms with Crippen LogP contribution < -0.4 is 4.74 Å². The Labute approximate surface area is 141 Å². The molecule has 3 rings (SSSR count). The second kappa shape index (κ2) is 6.84. The number of hydrogen-bond donors (Lipinski definition) is 0. The number of carbonyl (C=O) groups is 1. The van der Waals surface area contributed by atoms with Crippen LogP contribution in [0.15, 0.2) is 30.3 Å². The Morgan fingerprint density at radius 1 is 1.17 bits per heavy atom. The minimum atomic E-state index is -0.926. The Hall–Kier alpha value is -1.66. The van der Waals surface area contributed by atoms with Crippen LogP contribution in [0.2, 0.25) is 4.34 Å². The van der Waals surface area contributed by atoms with Gasteiger partial charge in [0.05, 0.1) is 9.21 Å². The van der Waals surface area contributed by atoms with Crippen molar-refractivity contribution in [1.82, 2.24) is 4.90 Å². The number of likely N-dealkylation sites (tertiary alicyclic amines) is 1. The number of benzene rings is 1. The first kappa shape index (κ1) is 16.2. The molecule has 7 heteroatoms. The second-order valence-electron chi connectivity index (χ2n) is 5.29. The second-order valence-corrected chi connectivity index (χ2v) is 7.00. The molecule has 2 aromatic rings. The fourth-order valence-electron chi connectivity index (χ4n) is 2.50. The molecule has 0 saturated carbocycles. The summed E-state index contributed by atoms with van der Waals surface area (Å²) in [6, 6.07) is 6.92. The van der Waals surface area contributed by atoms with E-state index in [-0.39, 0.29) is 12.0 Å². The lowest BCUT2D eigenvalue weighted by Crippen LogP contribution is -2.41. The Morgan fingerprint density at radius 3 is 2.52 bits per heavy atom. The van der Waals surface area contributed by atoms with Crippen LogP contribution in [0, 0.1) is 11.6 Å². The molecule has 0 aliphatic carbocycles.